The van der Waals surface area contributed by atoms with Crippen molar-refractivity contribution in [2.45, 2.75) is 110 Å². The van der Waals surface area contributed by atoms with E-state index in [1.54, 1.807) is 0 Å². The van der Waals surface area contributed by atoms with Crippen LogP contribution in [0.15, 0.2) is 12.2 Å². The van der Waals surface area contributed by atoms with Gasteiger partial charge in [-0.3, -0.25) is 4.79 Å². The Morgan fingerprint density at radius 3 is 1.80 bits per heavy atom. The molecule has 2 N–H and O–H groups in total. The van der Waals surface area contributed by atoms with Gasteiger partial charge < -0.3 is 15.3 Å². The molecule has 0 rings (SSSR count). The molecule has 5 heteroatoms. The number of hydrogen-bond acceptors (Lipinski definition) is 4. The van der Waals surface area contributed by atoms with E-state index in [0.717, 1.165) is 12.8 Å². The van der Waals surface area contributed by atoms with Crippen LogP contribution in [0.2, 0.25) is 0 Å². The molecule has 0 saturated heterocycles. The number of allylic oxidation sites excluding steroid dienone is 2. The predicted octanol–water partition coefficient (Wildman–Crippen LogP) is 2.73. The van der Waals surface area contributed by atoms with Crippen molar-refractivity contribution in [3.8, 4) is 0 Å². The second-order valence-electron chi connectivity index (χ2n) is 6.42. The van der Waals surface area contributed by atoms with E-state index in [-0.39, 0.29) is 41.0 Å². The van der Waals surface area contributed by atoms with Crippen LogP contribution in [0.4, 0.5) is 0 Å². The van der Waals surface area contributed by atoms with E-state index in [0.29, 0.717) is 6.42 Å². The first-order valence-corrected chi connectivity index (χ1v) is 9.69. The maximum absolute atomic E-state index is 11.2. The second kappa shape index (κ2) is 24.1. The molecule has 1 unspecified atom stereocenters. The maximum atomic E-state index is 11.2. The van der Waals surface area contributed by atoms with Crippen LogP contribution in [0.5, 0.6) is 0 Å². The van der Waals surface area contributed by atoms with E-state index < -0.39 is 6.29 Å². The quantitative estimate of drug-likeness (QED) is 0.150. The van der Waals surface area contributed by atoms with Gasteiger partial charge in [-0.1, -0.05) is 70.4 Å². The van der Waals surface area contributed by atoms with E-state index in [4.69, 9.17) is 5.11 Å². The van der Waals surface area contributed by atoms with Gasteiger partial charge in [0.05, 0.1) is 0 Å². The normalized spacial score (nSPS) is 11.6. The van der Waals surface area contributed by atoms with Crippen molar-refractivity contribution < 1.29 is 49.7 Å². The Morgan fingerprint density at radius 2 is 1.32 bits per heavy atom. The summed E-state index contributed by atoms with van der Waals surface area (Å²) in [5, 5.41) is 8.90. The van der Waals surface area contributed by atoms with Crippen LogP contribution < -0.4 is 29.6 Å². The standard InChI is InChI=1S/C20H38O3.Na.H2O/c1-3-4-5-6-7-8-9-10-11-12-13-14-15-16-17-18-20(22)23-19(2)21;;/h10-11,19,21H,3-9,12-18H2,1-2H3;;1H2/q;+1;/p-1/b11-10-;;. The molecule has 0 amide bonds. The van der Waals surface area contributed by atoms with Gasteiger partial charge in [0.25, 0.3) is 0 Å². The van der Waals surface area contributed by atoms with Crippen LogP contribution in [-0.2, 0) is 9.53 Å². The second-order valence-corrected chi connectivity index (χ2v) is 6.42. The van der Waals surface area contributed by atoms with E-state index >= 15 is 0 Å². The molecule has 0 radical (unpaired) electrons. The fourth-order valence-corrected chi connectivity index (χ4v) is 2.59. The van der Waals surface area contributed by atoms with Crippen molar-refractivity contribution in [1.82, 2.24) is 0 Å². The molecule has 0 aliphatic heterocycles. The molecule has 0 aliphatic carbocycles. The first kappa shape index (κ1) is 29.9. The molecule has 0 aromatic heterocycles. The number of esters is 1. The summed E-state index contributed by atoms with van der Waals surface area (Å²) in [5.41, 5.74) is 0. The summed E-state index contributed by atoms with van der Waals surface area (Å²) in [6, 6.07) is 0. The summed E-state index contributed by atoms with van der Waals surface area (Å²) in [6.07, 6.45) is 20.3. The van der Waals surface area contributed by atoms with Crippen LogP contribution >= 0.6 is 0 Å². The third-order valence-electron chi connectivity index (χ3n) is 3.94. The van der Waals surface area contributed by atoms with Gasteiger partial charge in [-0.15, -0.1) is 0 Å². The van der Waals surface area contributed by atoms with Gasteiger partial charge in [0.15, 0.2) is 6.29 Å². The number of rotatable bonds is 16. The third-order valence-corrected chi connectivity index (χ3v) is 3.94. The zero-order chi connectivity index (χ0) is 17.2. The van der Waals surface area contributed by atoms with Gasteiger partial charge in [0.1, 0.15) is 0 Å². The van der Waals surface area contributed by atoms with Gasteiger partial charge in [-0.2, -0.15) is 0 Å². The number of carbonyl (C=O) groups is 1. The van der Waals surface area contributed by atoms with Crippen molar-refractivity contribution in [3.63, 3.8) is 0 Å². The summed E-state index contributed by atoms with van der Waals surface area (Å²) < 4.78 is 4.68. The number of carbonyl (C=O) groups excluding carboxylic acids is 1. The van der Waals surface area contributed by atoms with Crippen LogP contribution in [0.1, 0.15) is 104 Å². The Hall–Kier alpha value is 0.130. The van der Waals surface area contributed by atoms with Gasteiger partial charge in [-0.05, 0) is 39.0 Å². The minimum absolute atomic E-state index is 0. The number of ether oxygens (including phenoxy) is 1. The summed E-state index contributed by atoms with van der Waals surface area (Å²) in [7, 11) is 0. The average Bonchev–Trinajstić information content (AvgIpc) is 2.50. The fourth-order valence-electron chi connectivity index (χ4n) is 2.59. The molecular formula is C20H39NaO4. The molecule has 0 spiro atoms. The summed E-state index contributed by atoms with van der Waals surface area (Å²) in [6.45, 7) is 3.71. The molecule has 1 atom stereocenters. The van der Waals surface area contributed by atoms with Gasteiger partial charge in [-0.25, -0.2) is 0 Å². The molecule has 0 aromatic carbocycles. The molecule has 0 aliphatic rings. The summed E-state index contributed by atoms with van der Waals surface area (Å²) in [4.78, 5) is 11.2. The molecule has 0 heterocycles. The van der Waals surface area contributed by atoms with Crippen molar-refractivity contribution in [2.75, 3.05) is 0 Å². The van der Waals surface area contributed by atoms with Crippen molar-refractivity contribution in [3.05, 3.63) is 12.2 Å². The molecule has 0 fully saturated rings. The van der Waals surface area contributed by atoms with Crippen LogP contribution in [0.3, 0.4) is 0 Å². The monoisotopic (exact) mass is 366 g/mol. The SMILES string of the molecule is CCCCCCCC/C=C\CCCCCCCC(=O)OC(C)O.[Na+].[OH-]. The van der Waals surface area contributed by atoms with E-state index in [2.05, 4.69) is 23.8 Å². The largest absolute Gasteiger partial charge is 1.00 e. The van der Waals surface area contributed by atoms with Crippen molar-refractivity contribution >= 4 is 5.97 Å². The Balaban J connectivity index is -0.00000242. The van der Waals surface area contributed by atoms with Gasteiger partial charge in [0.2, 0.25) is 0 Å². The first-order valence-electron chi connectivity index (χ1n) is 9.69. The van der Waals surface area contributed by atoms with Gasteiger partial charge in [0, 0.05) is 6.42 Å². The smallest absolute Gasteiger partial charge is 0.870 e. The molecule has 0 saturated carbocycles. The van der Waals surface area contributed by atoms with Crippen LogP contribution in [-0.4, -0.2) is 22.8 Å². The fraction of sp³-hybridized carbons (Fsp3) is 0.850. The Labute approximate surface area is 177 Å². The molecule has 4 nitrogen and oxygen atoms in total. The minimum Gasteiger partial charge on any atom is -0.870 e. The molecule has 25 heavy (non-hydrogen) atoms. The Bertz CT molecular complexity index is 293. The zero-order valence-corrected chi connectivity index (χ0v) is 18.8. The third kappa shape index (κ3) is 26.5. The minimum atomic E-state index is -0.981. The molecule has 144 valence electrons. The van der Waals surface area contributed by atoms with Crippen LogP contribution in [0, 0.1) is 0 Å². The zero-order valence-electron chi connectivity index (χ0n) is 16.8. The first-order chi connectivity index (χ1) is 11.2. The summed E-state index contributed by atoms with van der Waals surface area (Å²) >= 11 is 0. The maximum Gasteiger partial charge on any atom is 1.00 e. The van der Waals surface area contributed by atoms with Crippen molar-refractivity contribution in [1.29, 1.82) is 0 Å². The molecule has 0 bridgehead atoms. The Kier molecular flexibility index (Phi) is 28.8. The number of aliphatic hydroxyl groups is 1. The van der Waals surface area contributed by atoms with Gasteiger partial charge >= 0.3 is 35.5 Å². The van der Waals surface area contributed by atoms with E-state index in [9.17, 15) is 4.79 Å². The van der Waals surface area contributed by atoms with Crippen LogP contribution in [0.25, 0.3) is 0 Å². The van der Waals surface area contributed by atoms with Crippen molar-refractivity contribution in [2.24, 2.45) is 0 Å². The number of unbranched alkanes of at least 4 members (excludes halogenated alkanes) is 11. The molecule has 0 aromatic rings. The predicted molar refractivity (Wildman–Crippen MR) is 99.2 cm³/mol. The molecular weight excluding hydrogens is 327 g/mol. The summed E-state index contributed by atoms with van der Waals surface area (Å²) in [5.74, 6) is -0.294. The number of aliphatic hydroxyl groups excluding tert-OH is 1. The van der Waals surface area contributed by atoms with E-state index in [1.807, 2.05) is 0 Å². The average molecular weight is 367 g/mol. The Morgan fingerprint density at radius 1 is 0.880 bits per heavy atom. The topological polar surface area (TPSA) is 76.5 Å². The number of hydrogen-bond donors (Lipinski definition) is 1. The van der Waals surface area contributed by atoms with E-state index in [1.165, 1.54) is 77.6 Å².